The second kappa shape index (κ2) is 9.58. The number of nitro benzene ring substituents is 1. The van der Waals surface area contributed by atoms with Crippen molar-refractivity contribution in [3.8, 4) is 11.5 Å². The van der Waals surface area contributed by atoms with E-state index in [1.165, 1.54) is 18.2 Å². The number of hydrogen-bond donors (Lipinski definition) is 3. The highest BCUT2D eigenvalue weighted by molar-refractivity contribution is 5.86. The van der Waals surface area contributed by atoms with Gasteiger partial charge in [0.15, 0.2) is 5.75 Å². The van der Waals surface area contributed by atoms with Gasteiger partial charge in [0, 0.05) is 17.3 Å². The average molecular weight is 426 g/mol. The number of anilines is 1. The number of halogens is 3. The predicted molar refractivity (Wildman–Crippen MR) is 102 cm³/mol. The largest absolute Gasteiger partial charge is 0.500 e. The lowest BCUT2D eigenvalue weighted by molar-refractivity contribution is -0.386. The van der Waals surface area contributed by atoms with Gasteiger partial charge in [-0.3, -0.25) is 14.9 Å². The third-order valence-electron chi connectivity index (χ3n) is 3.62. The molecule has 0 fully saturated rings. The van der Waals surface area contributed by atoms with Gasteiger partial charge >= 0.3 is 11.9 Å². The molecule has 3 N–H and O–H groups in total. The number of alkyl halides is 3. The van der Waals surface area contributed by atoms with Crippen LogP contribution in [0.1, 0.15) is 18.1 Å². The summed E-state index contributed by atoms with van der Waals surface area (Å²) in [5.41, 5.74) is 0.952. The number of hydrazone groups is 1. The van der Waals surface area contributed by atoms with Crippen LogP contribution in [0.3, 0.4) is 0 Å². The van der Waals surface area contributed by atoms with Crippen molar-refractivity contribution in [2.75, 3.05) is 18.5 Å². The van der Waals surface area contributed by atoms with Crippen molar-refractivity contribution >= 4 is 23.5 Å². The van der Waals surface area contributed by atoms with Gasteiger partial charge in [0.25, 0.3) is 5.91 Å². The minimum absolute atomic E-state index is 0.0967. The number of nitro groups is 1. The lowest BCUT2D eigenvalue weighted by Crippen LogP contribution is -2.26. The van der Waals surface area contributed by atoms with Gasteiger partial charge in [0.1, 0.15) is 0 Å². The summed E-state index contributed by atoms with van der Waals surface area (Å²) in [6, 6.07) is 6.67. The quantitative estimate of drug-likeness (QED) is 0.338. The summed E-state index contributed by atoms with van der Waals surface area (Å²) in [6.45, 7) is 1.42. The molecule has 0 aliphatic heterocycles. The van der Waals surface area contributed by atoms with Crippen LogP contribution < -0.4 is 15.5 Å². The maximum absolute atomic E-state index is 12.7. The number of hydrogen-bond acceptors (Lipinski definition) is 7. The van der Waals surface area contributed by atoms with E-state index in [0.29, 0.717) is 0 Å². The highest BCUT2D eigenvalue weighted by Gasteiger charge is 2.30. The predicted octanol–water partition coefficient (Wildman–Crippen LogP) is 3.28. The molecule has 9 nitrogen and oxygen atoms in total. The number of rotatable bonds is 8. The Kier molecular flexibility index (Phi) is 7.17. The zero-order chi connectivity index (χ0) is 22.3. The van der Waals surface area contributed by atoms with Gasteiger partial charge in [0.05, 0.1) is 29.9 Å². The zero-order valence-corrected chi connectivity index (χ0v) is 15.6. The fourth-order valence-electron chi connectivity index (χ4n) is 2.30. The van der Waals surface area contributed by atoms with Gasteiger partial charge < -0.3 is 15.2 Å². The van der Waals surface area contributed by atoms with Crippen LogP contribution in [0.4, 0.5) is 24.5 Å². The van der Waals surface area contributed by atoms with Crippen molar-refractivity contribution in [2.24, 2.45) is 5.10 Å². The molecule has 0 aliphatic carbocycles. The maximum Gasteiger partial charge on any atom is 0.416 e. The Labute approximate surface area is 168 Å². The number of phenols is 1. The van der Waals surface area contributed by atoms with Gasteiger partial charge in [-0.1, -0.05) is 6.07 Å². The van der Waals surface area contributed by atoms with Crippen molar-refractivity contribution in [1.82, 2.24) is 5.43 Å². The summed E-state index contributed by atoms with van der Waals surface area (Å²) in [5, 5.41) is 27.0. The Balaban J connectivity index is 2.00. The Morgan fingerprint density at radius 2 is 2.07 bits per heavy atom. The Bertz CT molecular complexity index is 963. The molecule has 0 saturated carbocycles. The number of nitrogens with one attached hydrogen (secondary N) is 2. The van der Waals surface area contributed by atoms with Crippen molar-refractivity contribution in [3.63, 3.8) is 0 Å². The molecule has 0 aliphatic rings. The van der Waals surface area contributed by atoms with Crippen LogP contribution >= 0.6 is 0 Å². The summed E-state index contributed by atoms with van der Waals surface area (Å²) in [6.07, 6.45) is -3.41. The van der Waals surface area contributed by atoms with E-state index in [1.807, 2.05) is 0 Å². The van der Waals surface area contributed by atoms with E-state index in [1.54, 1.807) is 6.92 Å². The smallest absolute Gasteiger partial charge is 0.416 e. The van der Waals surface area contributed by atoms with Crippen LogP contribution in [0.2, 0.25) is 0 Å². The van der Waals surface area contributed by atoms with Gasteiger partial charge in [-0.15, -0.1) is 0 Å². The molecule has 12 heteroatoms. The van der Waals surface area contributed by atoms with Crippen molar-refractivity contribution in [1.29, 1.82) is 0 Å². The molecule has 1 amide bonds. The molecule has 2 aromatic rings. The molecule has 0 atom stereocenters. The standard InChI is InChI=1S/C18H17F3N4O5/c1-2-30-15-7-11(6-14(17(15)27)25(28)29)9-23-24-16(26)10-22-13-5-3-4-12(8-13)18(19,20)21/h3-9,22,27H,2,10H2,1H3,(H,24,26)/b23-9-. The fourth-order valence-corrected chi connectivity index (χ4v) is 2.30. The summed E-state index contributed by atoms with van der Waals surface area (Å²) >= 11 is 0. The SMILES string of the molecule is CCOc1cc(/C=N\NC(=O)CNc2cccc(C(F)(F)F)c2)cc([N+](=O)[O-])c1O. The molecule has 0 bridgehead atoms. The molecule has 0 spiro atoms. The van der Waals surface area contributed by atoms with E-state index >= 15 is 0 Å². The number of nitrogens with zero attached hydrogens (tertiary/aromatic N) is 2. The first kappa shape index (κ1) is 22.5. The van der Waals surface area contributed by atoms with Crippen molar-refractivity contribution in [3.05, 3.63) is 57.6 Å². The summed E-state index contributed by atoms with van der Waals surface area (Å²) in [5.74, 6) is -1.42. The molecule has 0 saturated heterocycles. The van der Waals surface area contributed by atoms with Gasteiger partial charge in [0.2, 0.25) is 5.75 Å². The van der Waals surface area contributed by atoms with E-state index in [-0.39, 0.29) is 30.2 Å². The number of carbonyl (C=O) groups excluding carboxylic acids is 1. The van der Waals surface area contributed by atoms with E-state index in [4.69, 9.17) is 4.74 Å². The average Bonchev–Trinajstić information content (AvgIpc) is 2.68. The van der Waals surface area contributed by atoms with Crippen molar-refractivity contribution in [2.45, 2.75) is 13.1 Å². The monoisotopic (exact) mass is 426 g/mol. The highest BCUT2D eigenvalue weighted by atomic mass is 19.4. The second-order valence-electron chi connectivity index (χ2n) is 5.80. The molecule has 160 valence electrons. The van der Waals surface area contributed by atoms with Crippen LogP contribution in [0.5, 0.6) is 11.5 Å². The molecule has 0 aromatic heterocycles. The Morgan fingerprint density at radius 3 is 2.70 bits per heavy atom. The highest BCUT2D eigenvalue weighted by Crippen LogP contribution is 2.36. The maximum atomic E-state index is 12.7. The summed E-state index contributed by atoms with van der Waals surface area (Å²) < 4.78 is 43.2. The fraction of sp³-hybridized carbons (Fsp3) is 0.222. The first-order valence-electron chi connectivity index (χ1n) is 8.49. The zero-order valence-electron chi connectivity index (χ0n) is 15.6. The van der Waals surface area contributed by atoms with Crippen LogP contribution in [0.25, 0.3) is 0 Å². The molecule has 30 heavy (non-hydrogen) atoms. The third-order valence-corrected chi connectivity index (χ3v) is 3.62. The third kappa shape index (κ3) is 6.09. The minimum Gasteiger partial charge on any atom is -0.500 e. The lowest BCUT2D eigenvalue weighted by Gasteiger charge is -2.10. The molecule has 2 aromatic carbocycles. The molecular formula is C18H17F3N4O5. The second-order valence-corrected chi connectivity index (χ2v) is 5.80. The van der Waals surface area contributed by atoms with E-state index in [0.717, 1.165) is 24.4 Å². The minimum atomic E-state index is -4.50. The first-order valence-corrected chi connectivity index (χ1v) is 8.49. The lowest BCUT2D eigenvalue weighted by atomic mass is 10.2. The summed E-state index contributed by atoms with van der Waals surface area (Å²) in [4.78, 5) is 22.0. The Hall–Kier alpha value is -3.83. The molecule has 2 rings (SSSR count). The van der Waals surface area contributed by atoms with Crippen LogP contribution in [-0.2, 0) is 11.0 Å². The van der Waals surface area contributed by atoms with E-state index < -0.39 is 34.0 Å². The van der Waals surface area contributed by atoms with Crippen LogP contribution in [0.15, 0.2) is 41.5 Å². The number of aromatic hydroxyl groups is 1. The number of benzene rings is 2. The van der Waals surface area contributed by atoms with E-state index in [2.05, 4.69) is 15.8 Å². The number of phenolic OH excluding ortho intramolecular Hbond substituents is 1. The van der Waals surface area contributed by atoms with E-state index in [9.17, 15) is 33.2 Å². The molecule has 0 heterocycles. The Morgan fingerprint density at radius 1 is 1.33 bits per heavy atom. The van der Waals surface area contributed by atoms with Gasteiger partial charge in [-0.2, -0.15) is 18.3 Å². The van der Waals surface area contributed by atoms with Crippen LogP contribution in [0, 0.1) is 10.1 Å². The number of ether oxygens (including phenoxy) is 1. The topological polar surface area (TPSA) is 126 Å². The van der Waals surface area contributed by atoms with Gasteiger partial charge in [-0.05, 0) is 31.2 Å². The first-order chi connectivity index (χ1) is 14.1. The van der Waals surface area contributed by atoms with Crippen LogP contribution in [-0.4, -0.2) is 35.3 Å². The summed E-state index contributed by atoms with van der Waals surface area (Å²) in [7, 11) is 0. The normalized spacial score (nSPS) is 11.3. The molecule has 0 unspecified atom stereocenters. The number of amides is 1. The van der Waals surface area contributed by atoms with Gasteiger partial charge in [-0.25, -0.2) is 5.43 Å². The van der Waals surface area contributed by atoms with Crippen molar-refractivity contribution < 1.29 is 32.7 Å². The molecular weight excluding hydrogens is 409 g/mol. The number of carbonyl (C=O) groups is 1. The molecule has 0 radical (unpaired) electrons.